The Morgan fingerprint density at radius 1 is 1.24 bits per heavy atom. The smallest absolute Gasteiger partial charge is 0.376 e. The molecule has 0 aliphatic carbocycles. The number of aromatic nitrogens is 6. The molecule has 0 aromatic carbocycles. The highest BCUT2D eigenvalue weighted by Gasteiger charge is 2.40. The average molecular weight is 352 g/mol. The number of alkyl halides is 3. The molecule has 1 aliphatic heterocycles. The zero-order valence-electron chi connectivity index (χ0n) is 12.7. The predicted molar refractivity (Wildman–Crippen MR) is 75.0 cm³/mol. The Balaban J connectivity index is 1.65. The van der Waals surface area contributed by atoms with Crippen LogP contribution in [-0.4, -0.2) is 36.5 Å². The topological polar surface area (TPSA) is 91.8 Å². The number of halogens is 3. The molecule has 0 spiro atoms. The molecule has 4 rings (SSSR count). The summed E-state index contributed by atoms with van der Waals surface area (Å²) in [7, 11) is 0. The third-order valence-electron chi connectivity index (χ3n) is 3.71. The summed E-state index contributed by atoms with van der Waals surface area (Å²) in [6, 6.07) is 0. The fourth-order valence-corrected chi connectivity index (χ4v) is 2.63. The van der Waals surface area contributed by atoms with Gasteiger partial charge in [0.05, 0.1) is 19.4 Å². The van der Waals surface area contributed by atoms with Crippen molar-refractivity contribution in [2.75, 3.05) is 6.61 Å². The van der Waals surface area contributed by atoms with Gasteiger partial charge < -0.3 is 9.26 Å². The summed E-state index contributed by atoms with van der Waals surface area (Å²) >= 11 is 0. The van der Waals surface area contributed by atoms with Gasteiger partial charge in [-0.3, -0.25) is 9.67 Å². The van der Waals surface area contributed by atoms with Crippen molar-refractivity contribution in [1.29, 1.82) is 0 Å². The first-order chi connectivity index (χ1) is 12.0. The summed E-state index contributed by atoms with van der Waals surface area (Å²) in [6.07, 6.45) is 0.231. The summed E-state index contributed by atoms with van der Waals surface area (Å²) in [4.78, 5) is 12.1. The second-order valence-electron chi connectivity index (χ2n) is 5.33. The van der Waals surface area contributed by atoms with E-state index in [1.54, 1.807) is 0 Å². The molecule has 0 atom stereocenters. The van der Waals surface area contributed by atoms with E-state index in [9.17, 15) is 13.2 Å². The van der Waals surface area contributed by atoms with Crippen molar-refractivity contribution >= 4 is 0 Å². The van der Waals surface area contributed by atoms with Crippen LogP contribution in [-0.2, 0) is 30.5 Å². The third kappa shape index (κ3) is 2.97. The zero-order valence-corrected chi connectivity index (χ0v) is 12.7. The van der Waals surface area contributed by atoms with Crippen LogP contribution >= 0.6 is 0 Å². The van der Waals surface area contributed by atoms with Gasteiger partial charge in [-0.05, 0) is 0 Å². The molecule has 0 amide bonds. The first-order valence-corrected chi connectivity index (χ1v) is 7.35. The number of nitrogens with zero attached hydrogens (tertiary/aromatic N) is 6. The van der Waals surface area contributed by atoms with Crippen LogP contribution < -0.4 is 0 Å². The maximum absolute atomic E-state index is 13.2. The second-order valence-corrected chi connectivity index (χ2v) is 5.33. The summed E-state index contributed by atoms with van der Waals surface area (Å²) < 4.78 is 51.0. The number of hydrogen-bond acceptors (Lipinski definition) is 7. The lowest BCUT2D eigenvalue weighted by atomic mass is 10.1. The Kier molecular flexibility index (Phi) is 3.71. The summed E-state index contributed by atoms with van der Waals surface area (Å²) in [5, 5.41) is 7.47. The van der Waals surface area contributed by atoms with Crippen LogP contribution in [0.5, 0.6) is 0 Å². The molecule has 3 aromatic rings. The van der Waals surface area contributed by atoms with Gasteiger partial charge in [0, 0.05) is 30.1 Å². The maximum atomic E-state index is 13.2. The highest BCUT2D eigenvalue weighted by molar-refractivity contribution is 5.45. The summed E-state index contributed by atoms with van der Waals surface area (Å²) in [5.41, 5.74) is 0.00508. The van der Waals surface area contributed by atoms with Gasteiger partial charge in [0.25, 0.3) is 0 Å². The normalized spacial score (nSPS) is 14.5. The molecule has 8 nitrogen and oxygen atoms in total. The van der Waals surface area contributed by atoms with Crippen molar-refractivity contribution in [3.63, 3.8) is 0 Å². The van der Waals surface area contributed by atoms with Crippen LogP contribution in [0.4, 0.5) is 13.2 Å². The fraction of sp³-hybridized carbons (Fsp3) is 0.357. The minimum Gasteiger partial charge on any atom is -0.376 e. The standard InChI is InChI=1S/C14H11F3N6O2/c15-14(16,17)12-8-7-24-4-1-10(8)23(21-12)6-11-20-13(22-25-11)9-5-18-2-3-19-9/h2-3,5H,1,4,6-7H2. The van der Waals surface area contributed by atoms with Gasteiger partial charge in [-0.15, -0.1) is 0 Å². The van der Waals surface area contributed by atoms with E-state index in [1.807, 2.05) is 0 Å². The van der Waals surface area contributed by atoms with E-state index in [4.69, 9.17) is 9.26 Å². The first kappa shape index (κ1) is 15.7. The number of rotatable bonds is 3. The molecule has 0 radical (unpaired) electrons. The highest BCUT2D eigenvalue weighted by Crippen LogP contribution is 2.34. The Morgan fingerprint density at radius 2 is 2.12 bits per heavy atom. The quantitative estimate of drug-likeness (QED) is 0.710. The average Bonchev–Trinajstić information content (AvgIpc) is 3.21. The van der Waals surface area contributed by atoms with E-state index in [0.717, 1.165) is 0 Å². The summed E-state index contributed by atoms with van der Waals surface area (Å²) in [6.45, 7) is 0.162. The monoisotopic (exact) mass is 352 g/mol. The number of fused-ring (bicyclic) bond motifs is 1. The van der Waals surface area contributed by atoms with Gasteiger partial charge in [-0.25, -0.2) is 4.98 Å². The Labute approximate surface area is 138 Å². The van der Waals surface area contributed by atoms with E-state index in [1.165, 1.54) is 23.3 Å². The van der Waals surface area contributed by atoms with Gasteiger partial charge in [0.15, 0.2) is 5.69 Å². The minimum atomic E-state index is -4.55. The van der Waals surface area contributed by atoms with Crippen molar-refractivity contribution in [2.24, 2.45) is 0 Å². The van der Waals surface area contributed by atoms with E-state index >= 15 is 0 Å². The minimum absolute atomic E-state index is 0.0624. The van der Waals surface area contributed by atoms with Crippen molar-refractivity contribution < 1.29 is 22.4 Å². The van der Waals surface area contributed by atoms with Crippen molar-refractivity contribution in [3.05, 3.63) is 41.4 Å². The Hall–Kier alpha value is -2.82. The Morgan fingerprint density at radius 3 is 2.88 bits per heavy atom. The van der Waals surface area contributed by atoms with Crippen LogP contribution in [0, 0.1) is 0 Å². The SMILES string of the molecule is FC(F)(F)c1nn(Cc2nc(-c3cnccn3)no2)c2c1COCC2. The first-order valence-electron chi connectivity index (χ1n) is 7.35. The molecular formula is C14H11F3N6O2. The molecule has 130 valence electrons. The van der Waals surface area contributed by atoms with Crippen LogP contribution in [0.25, 0.3) is 11.5 Å². The lowest BCUT2D eigenvalue weighted by Gasteiger charge is -2.14. The zero-order chi connectivity index (χ0) is 17.4. The highest BCUT2D eigenvalue weighted by atomic mass is 19.4. The van der Waals surface area contributed by atoms with Gasteiger partial charge in [0.2, 0.25) is 11.7 Å². The second kappa shape index (κ2) is 5.92. The van der Waals surface area contributed by atoms with Crippen LogP contribution in [0.1, 0.15) is 22.8 Å². The third-order valence-corrected chi connectivity index (χ3v) is 3.71. The molecular weight excluding hydrogens is 341 g/mol. The molecule has 0 bridgehead atoms. The summed E-state index contributed by atoms with van der Waals surface area (Å²) in [5.74, 6) is 0.342. The van der Waals surface area contributed by atoms with Crippen LogP contribution in [0.2, 0.25) is 0 Å². The molecule has 3 aromatic heterocycles. The van der Waals surface area contributed by atoms with Gasteiger partial charge in [-0.1, -0.05) is 5.16 Å². The van der Waals surface area contributed by atoms with Crippen molar-refractivity contribution in [3.8, 4) is 11.5 Å². The molecule has 0 N–H and O–H groups in total. The van der Waals surface area contributed by atoms with E-state index in [0.29, 0.717) is 24.4 Å². The van der Waals surface area contributed by atoms with Crippen LogP contribution in [0.3, 0.4) is 0 Å². The van der Waals surface area contributed by atoms with Crippen molar-refractivity contribution in [1.82, 2.24) is 29.9 Å². The molecule has 0 fully saturated rings. The van der Waals surface area contributed by atoms with Crippen LogP contribution in [0.15, 0.2) is 23.1 Å². The van der Waals surface area contributed by atoms with E-state index in [2.05, 4.69) is 25.2 Å². The van der Waals surface area contributed by atoms with E-state index in [-0.39, 0.29) is 30.4 Å². The predicted octanol–water partition coefficient (Wildman–Crippen LogP) is 1.86. The lowest BCUT2D eigenvalue weighted by molar-refractivity contribution is -0.142. The molecule has 0 saturated heterocycles. The molecule has 1 aliphatic rings. The molecule has 11 heteroatoms. The van der Waals surface area contributed by atoms with Gasteiger partial charge >= 0.3 is 6.18 Å². The molecule has 25 heavy (non-hydrogen) atoms. The molecule has 0 saturated carbocycles. The molecule has 4 heterocycles. The van der Waals surface area contributed by atoms with Gasteiger partial charge in [-0.2, -0.15) is 23.3 Å². The Bertz CT molecular complexity index is 890. The van der Waals surface area contributed by atoms with Crippen molar-refractivity contribution in [2.45, 2.75) is 25.7 Å². The maximum Gasteiger partial charge on any atom is 0.435 e. The van der Waals surface area contributed by atoms with Gasteiger partial charge in [0.1, 0.15) is 12.2 Å². The fourth-order valence-electron chi connectivity index (χ4n) is 2.63. The number of hydrogen-bond donors (Lipinski definition) is 0. The largest absolute Gasteiger partial charge is 0.435 e. The molecule has 0 unspecified atom stereocenters. The van der Waals surface area contributed by atoms with E-state index < -0.39 is 11.9 Å². The number of ether oxygens (including phenoxy) is 1. The lowest BCUT2D eigenvalue weighted by Crippen LogP contribution is -2.15.